The van der Waals surface area contributed by atoms with Gasteiger partial charge in [0.1, 0.15) is 11.6 Å². The highest BCUT2D eigenvalue weighted by molar-refractivity contribution is 14.1. The second kappa shape index (κ2) is 10.9. The Balaban J connectivity index is 2.29. The number of halogens is 1. The number of carbonyl (C=O) groups is 1. The van der Waals surface area contributed by atoms with Crippen LogP contribution in [0.25, 0.3) is 6.08 Å². The van der Waals surface area contributed by atoms with Crippen LogP contribution in [-0.4, -0.2) is 18.6 Å². The van der Waals surface area contributed by atoms with Gasteiger partial charge < -0.3 is 14.8 Å². The van der Waals surface area contributed by atoms with Gasteiger partial charge in [-0.25, -0.2) is 0 Å². The third-order valence-electron chi connectivity index (χ3n) is 4.01. The van der Waals surface area contributed by atoms with E-state index in [1.807, 2.05) is 70.2 Å². The zero-order valence-corrected chi connectivity index (χ0v) is 19.2. The first-order chi connectivity index (χ1) is 13.8. The molecule has 0 aliphatic carbocycles. The molecule has 0 saturated carbocycles. The summed E-state index contributed by atoms with van der Waals surface area (Å²) in [4.78, 5) is 12.6. The minimum Gasteiger partial charge on any atom is -0.490 e. The number of carbonyl (C=O) groups excluding carboxylic acids is 1. The number of nitrogens with zero attached hydrogens (tertiary/aromatic N) is 1. The van der Waals surface area contributed by atoms with E-state index in [2.05, 4.69) is 27.9 Å². The Bertz CT molecular complexity index is 918. The van der Waals surface area contributed by atoms with Gasteiger partial charge in [0.2, 0.25) is 0 Å². The Hall–Kier alpha value is -2.53. The Kier molecular flexibility index (Phi) is 8.52. The molecule has 2 aromatic rings. The van der Waals surface area contributed by atoms with Crippen molar-refractivity contribution in [2.45, 2.75) is 39.8 Å². The first kappa shape index (κ1) is 22.8. The Labute approximate surface area is 185 Å². The van der Waals surface area contributed by atoms with Gasteiger partial charge in [-0.15, -0.1) is 0 Å². The summed E-state index contributed by atoms with van der Waals surface area (Å²) in [6, 6.07) is 15.1. The maximum Gasteiger partial charge on any atom is 0.262 e. The van der Waals surface area contributed by atoms with Gasteiger partial charge in [0.25, 0.3) is 5.91 Å². The maximum absolute atomic E-state index is 12.6. The molecule has 0 unspecified atom stereocenters. The van der Waals surface area contributed by atoms with E-state index in [1.54, 1.807) is 12.1 Å². The molecule has 2 rings (SSSR count). The van der Waals surface area contributed by atoms with Crippen molar-refractivity contribution in [2.75, 3.05) is 6.61 Å². The summed E-state index contributed by atoms with van der Waals surface area (Å²) in [5.41, 5.74) is 1.71. The van der Waals surface area contributed by atoms with E-state index in [9.17, 15) is 10.1 Å². The fraction of sp³-hybridized carbons (Fsp3) is 0.304. The van der Waals surface area contributed by atoms with Crippen LogP contribution in [0.3, 0.4) is 0 Å². The Morgan fingerprint density at radius 3 is 2.52 bits per heavy atom. The van der Waals surface area contributed by atoms with Gasteiger partial charge in [0.05, 0.1) is 22.3 Å². The van der Waals surface area contributed by atoms with Crippen LogP contribution < -0.4 is 14.8 Å². The van der Waals surface area contributed by atoms with Crippen LogP contribution in [0.1, 0.15) is 44.9 Å². The number of nitriles is 1. The average Bonchev–Trinajstić information content (AvgIpc) is 2.69. The molecule has 1 atom stereocenters. The molecule has 5 nitrogen and oxygen atoms in total. The molecule has 0 aromatic heterocycles. The molecule has 29 heavy (non-hydrogen) atoms. The lowest BCUT2D eigenvalue weighted by atomic mass is 10.1. The lowest BCUT2D eigenvalue weighted by Gasteiger charge is -2.17. The summed E-state index contributed by atoms with van der Waals surface area (Å²) >= 11 is 2.17. The normalized spacial score (nSPS) is 12.2. The molecule has 2 aromatic carbocycles. The number of nitrogens with one attached hydrogen (secondary N) is 1. The zero-order valence-electron chi connectivity index (χ0n) is 17.0. The predicted molar refractivity (Wildman–Crippen MR) is 123 cm³/mol. The van der Waals surface area contributed by atoms with Crippen molar-refractivity contribution >= 4 is 34.6 Å². The SMILES string of the molecule is CCOc1cc(/C=C(/C#N)C(=O)N[C@@H](C)c2ccccc2)cc(I)c1OC(C)C. The minimum atomic E-state index is -0.417. The first-order valence-electron chi connectivity index (χ1n) is 9.46. The molecule has 0 bridgehead atoms. The van der Waals surface area contributed by atoms with Crippen LogP contribution in [0.15, 0.2) is 48.0 Å². The molecular formula is C23H25IN2O3. The van der Waals surface area contributed by atoms with Crippen molar-refractivity contribution in [3.8, 4) is 17.6 Å². The van der Waals surface area contributed by atoms with Gasteiger partial charge >= 0.3 is 0 Å². The lowest BCUT2D eigenvalue weighted by Crippen LogP contribution is -2.27. The van der Waals surface area contributed by atoms with Crippen molar-refractivity contribution in [2.24, 2.45) is 0 Å². The van der Waals surface area contributed by atoms with Crippen molar-refractivity contribution in [1.82, 2.24) is 5.32 Å². The number of amides is 1. The lowest BCUT2D eigenvalue weighted by molar-refractivity contribution is -0.117. The molecule has 0 heterocycles. The van der Waals surface area contributed by atoms with Crippen molar-refractivity contribution in [1.29, 1.82) is 5.26 Å². The van der Waals surface area contributed by atoms with Gasteiger partial charge in [-0.05, 0) is 79.6 Å². The van der Waals surface area contributed by atoms with Gasteiger partial charge in [-0.1, -0.05) is 30.3 Å². The highest BCUT2D eigenvalue weighted by Gasteiger charge is 2.16. The average molecular weight is 504 g/mol. The largest absolute Gasteiger partial charge is 0.490 e. The zero-order chi connectivity index (χ0) is 21.4. The summed E-state index contributed by atoms with van der Waals surface area (Å²) in [5.74, 6) is 0.842. The second-order valence-corrected chi connectivity index (χ2v) is 7.87. The van der Waals surface area contributed by atoms with Crippen molar-refractivity contribution < 1.29 is 14.3 Å². The number of ether oxygens (including phenoxy) is 2. The topological polar surface area (TPSA) is 71.3 Å². The number of hydrogen-bond donors (Lipinski definition) is 1. The summed E-state index contributed by atoms with van der Waals surface area (Å²) in [6.45, 7) is 8.17. The Morgan fingerprint density at radius 2 is 1.93 bits per heavy atom. The van der Waals surface area contributed by atoms with Crippen LogP contribution >= 0.6 is 22.6 Å². The third kappa shape index (κ3) is 6.50. The second-order valence-electron chi connectivity index (χ2n) is 6.71. The molecule has 0 aliphatic rings. The van der Waals surface area contributed by atoms with E-state index in [4.69, 9.17) is 9.47 Å². The fourth-order valence-electron chi connectivity index (χ4n) is 2.70. The van der Waals surface area contributed by atoms with Gasteiger partial charge in [-0.3, -0.25) is 4.79 Å². The van der Waals surface area contributed by atoms with E-state index in [1.165, 1.54) is 0 Å². The maximum atomic E-state index is 12.6. The third-order valence-corrected chi connectivity index (χ3v) is 4.81. The fourth-order valence-corrected chi connectivity index (χ4v) is 3.45. The van der Waals surface area contributed by atoms with Crippen molar-refractivity contribution in [3.05, 3.63) is 62.7 Å². The van der Waals surface area contributed by atoms with E-state index < -0.39 is 5.91 Å². The van der Waals surface area contributed by atoms with Gasteiger partial charge in [-0.2, -0.15) is 5.26 Å². The Morgan fingerprint density at radius 1 is 1.24 bits per heavy atom. The van der Waals surface area contributed by atoms with E-state index >= 15 is 0 Å². The molecule has 0 saturated heterocycles. The highest BCUT2D eigenvalue weighted by atomic mass is 127. The monoisotopic (exact) mass is 504 g/mol. The van der Waals surface area contributed by atoms with Gasteiger partial charge in [0, 0.05) is 0 Å². The number of benzene rings is 2. The molecule has 0 fully saturated rings. The van der Waals surface area contributed by atoms with Gasteiger partial charge in [0.15, 0.2) is 11.5 Å². The van der Waals surface area contributed by atoms with Crippen LogP contribution in [-0.2, 0) is 4.79 Å². The molecule has 1 amide bonds. The molecule has 0 aliphatic heterocycles. The molecule has 0 spiro atoms. The molecule has 6 heteroatoms. The minimum absolute atomic E-state index is 0.00374. The van der Waals surface area contributed by atoms with E-state index in [-0.39, 0.29) is 17.7 Å². The molecule has 0 radical (unpaired) electrons. The molecular weight excluding hydrogens is 479 g/mol. The van der Waals surface area contributed by atoms with Crippen LogP contribution in [0.5, 0.6) is 11.5 Å². The molecule has 1 N–H and O–H groups in total. The highest BCUT2D eigenvalue weighted by Crippen LogP contribution is 2.35. The van der Waals surface area contributed by atoms with Crippen molar-refractivity contribution in [3.63, 3.8) is 0 Å². The van der Waals surface area contributed by atoms with Crippen LogP contribution in [0.4, 0.5) is 0 Å². The van der Waals surface area contributed by atoms with Crippen LogP contribution in [0, 0.1) is 14.9 Å². The number of rotatable bonds is 8. The quantitative estimate of drug-likeness (QED) is 0.303. The smallest absolute Gasteiger partial charge is 0.262 e. The first-order valence-corrected chi connectivity index (χ1v) is 10.5. The predicted octanol–water partition coefficient (Wildman–Crippen LogP) is 5.26. The summed E-state index contributed by atoms with van der Waals surface area (Å²) in [6.07, 6.45) is 1.57. The standard InChI is InChI=1S/C23H25IN2O3/c1-5-28-21-13-17(12-20(24)22(21)29-15(2)3)11-19(14-25)23(27)26-16(4)18-9-7-6-8-10-18/h6-13,15-16H,5H2,1-4H3,(H,26,27)/b19-11-/t16-/m0/s1. The molecule has 152 valence electrons. The van der Waals surface area contributed by atoms with E-state index in [0.717, 1.165) is 9.13 Å². The summed E-state index contributed by atoms with van der Waals surface area (Å²) < 4.78 is 12.4. The van der Waals surface area contributed by atoms with Crippen LogP contribution in [0.2, 0.25) is 0 Å². The van der Waals surface area contributed by atoms with E-state index in [0.29, 0.717) is 23.7 Å². The number of hydrogen-bond acceptors (Lipinski definition) is 4. The summed E-state index contributed by atoms with van der Waals surface area (Å²) in [7, 11) is 0. The summed E-state index contributed by atoms with van der Waals surface area (Å²) in [5, 5.41) is 12.4.